The highest BCUT2D eigenvalue weighted by Gasteiger charge is 2.01. The van der Waals surface area contributed by atoms with E-state index in [1.165, 1.54) is 5.56 Å². The van der Waals surface area contributed by atoms with Gasteiger partial charge in [0.05, 0.1) is 10.2 Å². The number of pyridine rings is 1. The molecule has 0 aliphatic carbocycles. The molecule has 0 amide bonds. The van der Waals surface area contributed by atoms with Crippen LogP contribution in [0.5, 0.6) is 5.75 Å². The summed E-state index contributed by atoms with van der Waals surface area (Å²) in [4.78, 5) is 4.40. The molecular formula is C15H17BrN2O. The van der Waals surface area contributed by atoms with Crippen molar-refractivity contribution in [1.82, 2.24) is 10.3 Å². The number of halogens is 1. The molecule has 0 saturated carbocycles. The van der Waals surface area contributed by atoms with Crippen LogP contribution in [0.15, 0.2) is 47.1 Å². The van der Waals surface area contributed by atoms with E-state index in [1.54, 1.807) is 0 Å². The fraction of sp³-hybridized carbons (Fsp3) is 0.267. The minimum Gasteiger partial charge on any atom is -0.486 e. The Morgan fingerprint density at radius 1 is 1.21 bits per heavy atom. The normalized spacial score (nSPS) is 10.4. The molecule has 1 heterocycles. The lowest BCUT2D eigenvalue weighted by molar-refractivity contribution is 0.299. The van der Waals surface area contributed by atoms with Crippen molar-refractivity contribution >= 4 is 15.9 Å². The van der Waals surface area contributed by atoms with Gasteiger partial charge >= 0.3 is 0 Å². The fourth-order valence-corrected chi connectivity index (χ4v) is 2.03. The van der Waals surface area contributed by atoms with Crippen LogP contribution >= 0.6 is 15.9 Å². The molecular weight excluding hydrogens is 304 g/mol. The summed E-state index contributed by atoms with van der Waals surface area (Å²) in [5.41, 5.74) is 2.11. The molecule has 3 nitrogen and oxygen atoms in total. The van der Waals surface area contributed by atoms with Crippen LogP contribution < -0.4 is 10.1 Å². The Hall–Kier alpha value is -1.39. The molecule has 1 aromatic heterocycles. The van der Waals surface area contributed by atoms with E-state index in [1.807, 2.05) is 36.5 Å². The minimum absolute atomic E-state index is 0.476. The molecule has 1 aromatic carbocycles. The van der Waals surface area contributed by atoms with Crippen molar-refractivity contribution in [3.8, 4) is 5.75 Å². The summed E-state index contributed by atoms with van der Waals surface area (Å²) in [6.07, 6.45) is 1.89. The first-order valence-electron chi connectivity index (χ1n) is 6.31. The number of nitrogens with one attached hydrogen (secondary N) is 1. The van der Waals surface area contributed by atoms with Crippen molar-refractivity contribution < 1.29 is 4.74 Å². The standard InChI is InChI=1S/C15H17BrN2O/c1-2-17-9-12-7-8-13(18-10-12)11-19-15-6-4-3-5-14(15)16/h3-8,10,17H,2,9,11H2,1H3. The van der Waals surface area contributed by atoms with E-state index in [2.05, 4.69) is 39.2 Å². The van der Waals surface area contributed by atoms with E-state index in [0.29, 0.717) is 6.61 Å². The van der Waals surface area contributed by atoms with Gasteiger partial charge in [-0.3, -0.25) is 4.98 Å². The van der Waals surface area contributed by atoms with E-state index in [4.69, 9.17) is 4.74 Å². The highest BCUT2D eigenvalue weighted by molar-refractivity contribution is 9.10. The molecule has 2 rings (SSSR count). The van der Waals surface area contributed by atoms with Gasteiger partial charge in [0.25, 0.3) is 0 Å². The summed E-state index contributed by atoms with van der Waals surface area (Å²) in [6.45, 7) is 4.39. The van der Waals surface area contributed by atoms with E-state index in [9.17, 15) is 0 Å². The number of benzene rings is 1. The number of aromatic nitrogens is 1. The average Bonchev–Trinajstić information content (AvgIpc) is 2.45. The van der Waals surface area contributed by atoms with Crippen LogP contribution in [0.2, 0.25) is 0 Å². The second kappa shape index (κ2) is 7.26. The summed E-state index contributed by atoms with van der Waals surface area (Å²) in [7, 11) is 0. The molecule has 0 aliphatic rings. The topological polar surface area (TPSA) is 34.1 Å². The van der Waals surface area contributed by atoms with Crippen LogP contribution in [0, 0.1) is 0 Å². The molecule has 0 atom stereocenters. The first-order valence-corrected chi connectivity index (χ1v) is 7.10. The monoisotopic (exact) mass is 320 g/mol. The number of para-hydroxylation sites is 1. The lowest BCUT2D eigenvalue weighted by Crippen LogP contribution is -2.12. The summed E-state index contributed by atoms with van der Waals surface area (Å²) >= 11 is 3.46. The Kier molecular flexibility index (Phi) is 5.36. The Morgan fingerprint density at radius 3 is 2.74 bits per heavy atom. The number of hydrogen-bond donors (Lipinski definition) is 1. The van der Waals surface area contributed by atoms with Gasteiger partial charge in [-0.2, -0.15) is 0 Å². The third kappa shape index (κ3) is 4.33. The molecule has 0 aliphatic heterocycles. The average molecular weight is 321 g/mol. The maximum absolute atomic E-state index is 5.72. The van der Waals surface area contributed by atoms with E-state index >= 15 is 0 Å². The number of ether oxygens (including phenoxy) is 1. The second-order valence-corrected chi connectivity index (χ2v) is 5.01. The molecule has 0 radical (unpaired) electrons. The first-order chi connectivity index (χ1) is 9.29. The summed E-state index contributed by atoms with van der Waals surface area (Å²) in [5.74, 6) is 0.834. The fourth-order valence-electron chi connectivity index (χ4n) is 1.63. The smallest absolute Gasteiger partial charge is 0.134 e. The summed E-state index contributed by atoms with van der Waals surface area (Å²) < 4.78 is 6.68. The number of nitrogens with zero attached hydrogens (tertiary/aromatic N) is 1. The van der Waals surface area contributed by atoms with Crippen molar-refractivity contribution in [2.75, 3.05) is 6.54 Å². The van der Waals surface area contributed by atoms with Gasteiger partial charge in [-0.25, -0.2) is 0 Å². The van der Waals surface area contributed by atoms with Crippen LogP contribution in [-0.2, 0) is 13.2 Å². The molecule has 0 saturated heterocycles. The quantitative estimate of drug-likeness (QED) is 0.884. The van der Waals surface area contributed by atoms with E-state index in [0.717, 1.165) is 29.0 Å². The third-order valence-corrected chi connectivity index (χ3v) is 3.33. The highest BCUT2D eigenvalue weighted by atomic mass is 79.9. The molecule has 0 bridgehead atoms. The van der Waals surface area contributed by atoms with Crippen LogP contribution in [0.4, 0.5) is 0 Å². The largest absolute Gasteiger partial charge is 0.486 e. The van der Waals surface area contributed by atoms with Crippen molar-refractivity contribution in [3.63, 3.8) is 0 Å². The molecule has 1 N–H and O–H groups in total. The second-order valence-electron chi connectivity index (χ2n) is 4.16. The lowest BCUT2D eigenvalue weighted by atomic mass is 10.2. The van der Waals surface area contributed by atoms with Crippen LogP contribution in [0.25, 0.3) is 0 Å². The SMILES string of the molecule is CCNCc1ccc(COc2ccccc2Br)nc1. The maximum Gasteiger partial charge on any atom is 0.134 e. The zero-order valence-electron chi connectivity index (χ0n) is 10.9. The number of rotatable bonds is 6. The van der Waals surface area contributed by atoms with E-state index < -0.39 is 0 Å². The van der Waals surface area contributed by atoms with Gasteiger partial charge in [0.15, 0.2) is 0 Å². The highest BCUT2D eigenvalue weighted by Crippen LogP contribution is 2.24. The van der Waals surface area contributed by atoms with Gasteiger partial charge in [-0.15, -0.1) is 0 Å². The van der Waals surface area contributed by atoms with E-state index in [-0.39, 0.29) is 0 Å². The molecule has 19 heavy (non-hydrogen) atoms. The van der Waals surface area contributed by atoms with Crippen molar-refractivity contribution in [1.29, 1.82) is 0 Å². The van der Waals surface area contributed by atoms with Crippen molar-refractivity contribution in [2.24, 2.45) is 0 Å². The summed E-state index contributed by atoms with van der Waals surface area (Å²) in [5, 5.41) is 3.27. The molecule has 0 spiro atoms. The Morgan fingerprint density at radius 2 is 2.05 bits per heavy atom. The van der Waals surface area contributed by atoms with Gasteiger partial charge < -0.3 is 10.1 Å². The third-order valence-electron chi connectivity index (χ3n) is 2.68. The molecule has 2 aromatic rings. The minimum atomic E-state index is 0.476. The Bertz CT molecular complexity index is 514. The predicted octanol–water partition coefficient (Wildman–Crippen LogP) is 3.53. The maximum atomic E-state index is 5.72. The van der Waals surface area contributed by atoms with Crippen molar-refractivity contribution in [2.45, 2.75) is 20.1 Å². The zero-order valence-corrected chi connectivity index (χ0v) is 12.5. The first kappa shape index (κ1) is 14.0. The molecule has 4 heteroatoms. The Labute approximate surface area is 122 Å². The van der Waals surface area contributed by atoms with Gasteiger partial charge in [-0.1, -0.05) is 25.1 Å². The number of hydrogen-bond acceptors (Lipinski definition) is 3. The van der Waals surface area contributed by atoms with Gasteiger partial charge in [0, 0.05) is 12.7 Å². The molecule has 0 unspecified atom stereocenters. The lowest BCUT2D eigenvalue weighted by Gasteiger charge is -2.08. The Balaban J connectivity index is 1.91. The van der Waals surface area contributed by atoms with Gasteiger partial charge in [0.2, 0.25) is 0 Å². The molecule has 0 fully saturated rings. The van der Waals surface area contributed by atoms with Gasteiger partial charge in [0.1, 0.15) is 12.4 Å². The van der Waals surface area contributed by atoms with Gasteiger partial charge in [-0.05, 0) is 46.2 Å². The van der Waals surface area contributed by atoms with Crippen LogP contribution in [0.1, 0.15) is 18.2 Å². The predicted molar refractivity (Wildman–Crippen MR) is 80.1 cm³/mol. The van der Waals surface area contributed by atoms with Crippen molar-refractivity contribution in [3.05, 3.63) is 58.3 Å². The van der Waals surface area contributed by atoms with Crippen LogP contribution in [0.3, 0.4) is 0 Å². The molecule has 100 valence electrons. The van der Waals surface area contributed by atoms with Crippen LogP contribution in [-0.4, -0.2) is 11.5 Å². The summed E-state index contributed by atoms with van der Waals surface area (Å²) in [6, 6.07) is 11.9. The zero-order chi connectivity index (χ0) is 13.5.